The first-order valence-corrected chi connectivity index (χ1v) is 6.21. The third-order valence-corrected chi connectivity index (χ3v) is 2.91. The van der Waals surface area contributed by atoms with Crippen LogP contribution < -0.4 is 10.6 Å². The topological polar surface area (TPSA) is 70.6 Å². The fraction of sp³-hybridized carbons (Fsp3) is 0.917. The van der Waals surface area contributed by atoms with E-state index in [1.807, 2.05) is 20.8 Å². The Hall–Kier alpha value is -0.810. The molecule has 0 spiro atoms. The van der Waals surface area contributed by atoms with Crippen LogP contribution in [0.4, 0.5) is 4.79 Å². The van der Waals surface area contributed by atoms with Crippen LogP contribution in [0.15, 0.2) is 0 Å². The van der Waals surface area contributed by atoms with E-state index in [4.69, 9.17) is 4.74 Å². The smallest absolute Gasteiger partial charge is 0.407 e. The number of rotatable bonds is 3. The SMILES string of the molecule is CC(C)(C)OC(=O)NCC1CCNCC1CO. The molecule has 0 aromatic rings. The summed E-state index contributed by atoms with van der Waals surface area (Å²) in [4.78, 5) is 11.5. The highest BCUT2D eigenvalue weighted by Gasteiger charge is 2.25. The van der Waals surface area contributed by atoms with Crippen LogP contribution in [0.1, 0.15) is 27.2 Å². The highest BCUT2D eigenvalue weighted by molar-refractivity contribution is 5.67. The maximum absolute atomic E-state index is 11.5. The van der Waals surface area contributed by atoms with Gasteiger partial charge in [0.25, 0.3) is 0 Å². The first-order valence-electron chi connectivity index (χ1n) is 6.21. The molecule has 1 amide bonds. The van der Waals surface area contributed by atoms with Crippen LogP contribution in [-0.2, 0) is 4.74 Å². The molecule has 2 unspecified atom stereocenters. The Morgan fingerprint density at radius 1 is 1.47 bits per heavy atom. The number of piperidine rings is 1. The summed E-state index contributed by atoms with van der Waals surface area (Å²) >= 11 is 0. The van der Waals surface area contributed by atoms with Crippen molar-refractivity contribution in [1.29, 1.82) is 0 Å². The largest absolute Gasteiger partial charge is 0.444 e. The van der Waals surface area contributed by atoms with Crippen molar-refractivity contribution < 1.29 is 14.6 Å². The van der Waals surface area contributed by atoms with Gasteiger partial charge in [0, 0.05) is 19.7 Å². The second-order valence-electron chi connectivity index (χ2n) is 5.58. The van der Waals surface area contributed by atoms with Gasteiger partial charge in [-0.1, -0.05) is 0 Å². The molecule has 0 aliphatic carbocycles. The monoisotopic (exact) mass is 244 g/mol. The Morgan fingerprint density at radius 2 is 2.18 bits per heavy atom. The van der Waals surface area contributed by atoms with E-state index in [0.29, 0.717) is 12.5 Å². The zero-order valence-corrected chi connectivity index (χ0v) is 11.0. The van der Waals surface area contributed by atoms with Crippen LogP contribution >= 0.6 is 0 Å². The lowest BCUT2D eigenvalue weighted by Crippen LogP contribution is -2.44. The molecule has 1 fully saturated rings. The lowest BCUT2D eigenvalue weighted by molar-refractivity contribution is 0.0497. The molecule has 0 aromatic carbocycles. The van der Waals surface area contributed by atoms with Gasteiger partial charge in [0.2, 0.25) is 0 Å². The van der Waals surface area contributed by atoms with Gasteiger partial charge in [0.1, 0.15) is 5.60 Å². The zero-order valence-electron chi connectivity index (χ0n) is 11.0. The molecule has 17 heavy (non-hydrogen) atoms. The molecule has 0 bridgehead atoms. The normalized spacial score (nSPS) is 25.4. The van der Waals surface area contributed by atoms with Crippen LogP contribution in [-0.4, -0.2) is 43.0 Å². The van der Waals surface area contributed by atoms with Gasteiger partial charge in [-0.25, -0.2) is 4.79 Å². The van der Waals surface area contributed by atoms with Crippen molar-refractivity contribution in [3.8, 4) is 0 Å². The number of alkyl carbamates (subject to hydrolysis) is 1. The number of amides is 1. The van der Waals surface area contributed by atoms with Gasteiger partial charge in [-0.05, 0) is 45.6 Å². The van der Waals surface area contributed by atoms with Gasteiger partial charge in [-0.15, -0.1) is 0 Å². The number of hydrogen-bond acceptors (Lipinski definition) is 4. The summed E-state index contributed by atoms with van der Waals surface area (Å²) < 4.78 is 5.17. The average molecular weight is 244 g/mol. The highest BCUT2D eigenvalue weighted by Crippen LogP contribution is 2.18. The van der Waals surface area contributed by atoms with E-state index in [1.54, 1.807) is 0 Å². The average Bonchev–Trinajstić information content (AvgIpc) is 2.24. The lowest BCUT2D eigenvalue weighted by Gasteiger charge is -2.31. The first kappa shape index (κ1) is 14.3. The van der Waals surface area contributed by atoms with E-state index in [-0.39, 0.29) is 18.6 Å². The molecule has 5 nitrogen and oxygen atoms in total. The summed E-state index contributed by atoms with van der Waals surface area (Å²) in [7, 11) is 0. The van der Waals surface area contributed by atoms with E-state index in [0.717, 1.165) is 19.5 Å². The van der Waals surface area contributed by atoms with Crippen LogP contribution in [0, 0.1) is 11.8 Å². The minimum absolute atomic E-state index is 0.160. The Labute approximate surface area is 103 Å². The number of aliphatic hydroxyl groups excluding tert-OH is 1. The Bertz CT molecular complexity index is 251. The maximum Gasteiger partial charge on any atom is 0.407 e. The predicted octanol–water partition coefficient (Wildman–Crippen LogP) is 0.729. The molecule has 0 aromatic heterocycles. The molecule has 0 saturated carbocycles. The minimum Gasteiger partial charge on any atom is -0.444 e. The van der Waals surface area contributed by atoms with Gasteiger partial charge in [-0.3, -0.25) is 0 Å². The third-order valence-electron chi connectivity index (χ3n) is 2.91. The molecular weight excluding hydrogens is 220 g/mol. The number of hydrogen-bond donors (Lipinski definition) is 3. The van der Waals surface area contributed by atoms with Gasteiger partial charge < -0.3 is 20.5 Å². The van der Waals surface area contributed by atoms with Crippen LogP contribution in [0.5, 0.6) is 0 Å². The molecule has 100 valence electrons. The second-order valence-corrected chi connectivity index (χ2v) is 5.58. The molecule has 3 N–H and O–H groups in total. The van der Waals surface area contributed by atoms with Crippen molar-refractivity contribution in [2.45, 2.75) is 32.8 Å². The lowest BCUT2D eigenvalue weighted by atomic mass is 9.87. The van der Waals surface area contributed by atoms with Crippen molar-refractivity contribution in [3.05, 3.63) is 0 Å². The predicted molar refractivity (Wildman–Crippen MR) is 65.8 cm³/mol. The van der Waals surface area contributed by atoms with Gasteiger partial charge in [0.05, 0.1) is 0 Å². The summed E-state index contributed by atoms with van der Waals surface area (Å²) in [6, 6.07) is 0. The molecule has 1 rings (SSSR count). The first-order chi connectivity index (χ1) is 7.92. The van der Waals surface area contributed by atoms with Crippen molar-refractivity contribution >= 4 is 6.09 Å². The maximum atomic E-state index is 11.5. The van der Waals surface area contributed by atoms with Crippen molar-refractivity contribution in [3.63, 3.8) is 0 Å². The standard InChI is InChI=1S/C12H24N2O3/c1-12(2,3)17-11(16)14-7-9-4-5-13-6-10(9)8-15/h9-10,13,15H,4-8H2,1-3H3,(H,14,16). The number of ether oxygens (including phenoxy) is 1. The number of carbonyl (C=O) groups is 1. The quantitative estimate of drug-likeness (QED) is 0.684. The summed E-state index contributed by atoms with van der Waals surface area (Å²) in [6.07, 6.45) is 0.592. The van der Waals surface area contributed by atoms with Gasteiger partial charge in [0.15, 0.2) is 0 Å². The fourth-order valence-electron chi connectivity index (χ4n) is 1.99. The van der Waals surface area contributed by atoms with E-state index in [9.17, 15) is 9.90 Å². The van der Waals surface area contributed by atoms with Crippen molar-refractivity contribution in [2.24, 2.45) is 11.8 Å². The van der Waals surface area contributed by atoms with Crippen LogP contribution in [0.3, 0.4) is 0 Å². The van der Waals surface area contributed by atoms with E-state index in [1.165, 1.54) is 0 Å². The summed E-state index contributed by atoms with van der Waals surface area (Å²) in [5, 5.41) is 15.2. The fourth-order valence-corrected chi connectivity index (χ4v) is 1.99. The van der Waals surface area contributed by atoms with E-state index < -0.39 is 5.60 Å². The van der Waals surface area contributed by atoms with Crippen LogP contribution in [0.25, 0.3) is 0 Å². The Morgan fingerprint density at radius 3 is 2.76 bits per heavy atom. The minimum atomic E-state index is -0.464. The Balaban J connectivity index is 2.31. The van der Waals surface area contributed by atoms with Crippen molar-refractivity contribution in [2.75, 3.05) is 26.2 Å². The van der Waals surface area contributed by atoms with E-state index in [2.05, 4.69) is 10.6 Å². The molecule has 1 saturated heterocycles. The van der Waals surface area contributed by atoms with Gasteiger partial charge in [-0.2, -0.15) is 0 Å². The molecule has 5 heteroatoms. The number of carbonyl (C=O) groups excluding carboxylic acids is 1. The zero-order chi connectivity index (χ0) is 12.9. The second kappa shape index (κ2) is 6.21. The van der Waals surface area contributed by atoms with Gasteiger partial charge >= 0.3 is 6.09 Å². The summed E-state index contributed by atoms with van der Waals surface area (Å²) in [5.74, 6) is 0.549. The third kappa shape index (κ3) is 5.37. The van der Waals surface area contributed by atoms with Crippen LogP contribution in [0.2, 0.25) is 0 Å². The number of aliphatic hydroxyl groups is 1. The molecule has 1 aliphatic rings. The molecule has 1 heterocycles. The van der Waals surface area contributed by atoms with Crippen molar-refractivity contribution in [1.82, 2.24) is 10.6 Å². The molecule has 2 atom stereocenters. The number of nitrogens with one attached hydrogen (secondary N) is 2. The van der Waals surface area contributed by atoms with E-state index >= 15 is 0 Å². The summed E-state index contributed by atoms with van der Waals surface area (Å²) in [6.45, 7) is 8.01. The summed E-state index contributed by atoms with van der Waals surface area (Å²) in [5.41, 5.74) is -0.464. The molecule has 1 aliphatic heterocycles. The highest BCUT2D eigenvalue weighted by atomic mass is 16.6. The molecular formula is C12H24N2O3. The Kier molecular flexibility index (Phi) is 5.21. The molecule has 0 radical (unpaired) electrons.